The lowest BCUT2D eigenvalue weighted by atomic mass is 10.1. The summed E-state index contributed by atoms with van der Waals surface area (Å²) < 4.78 is 12.9. The Balaban J connectivity index is 1.93. The van der Waals surface area contributed by atoms with Crippen molar-refractivity contribution in [1.82, 2.24) is 0 Å². The van der Waals surface area contributed by atoms with Crippen molar-refractivity contribution in [2.24, 2.45) is 5.11 Å². The summed E-state index contributed by atoms with van der Waals surface area (Å²) >= 11 is 3.49. The van der Waals surface area contributed by atoms with E-state index in [-0.39, 0.29) is 18.3 Å². The molecule has 0 unspecified atom stereocenters. The quantitative estimate of drug-likeness (QED) is 0.174. The van der Waals surface area contributed by atoms with E-state index in [9.17, 15) is 10.3 Å². The van der Waals surface area contributed by atoms with E-state index in [1.165, 1.54) is 0 Å². The normalized spacial score (nSPS) is 18.1. The first-order valence-electron chi connectivity index (χ1n) is 10.5. The predicted molar refractivity (Wildman–Crippen MR) is 132 cm³/mol. The molecule has 9 heteroatoms. The number of benzene rings is 2. The van der Waals surface area contributed by atoms with Crippen LogP contribution in [0.15, 0.2) is 58.1 Å². The monoisotopic (exact) mass is 516 g/mol. The van der Waals surface area contributed by atoms with Gasteiger partial charge in [0.25, 0.3) is 0 Å². The van der Waals surface area contributed by atoms with Crippen LogP contribution in [0.4, 0.5) is 10.5 Å². The lowest BCUT2D eigenvalue weighted by Crippen LogP contribution is -2.48. The molecule has 2 aromatic rings. The summed E-state index contributed by atoms with van der Waals surface area (Å²) in [5.41, 5.74) is 11.6. The lowest BCUT2D eigenvalue weighted by Gasteiger charge is -2.38. The molecule has 1 aliphatic heterocycles. The molecule has 0 aromatic heterocycles. The number of hydrogen-bond acceptors (Lipinski definition) is 4. The molecular formula is C23H29BrN4O3Si. The van der Waals surface area contributed by atoms with Crippen LogP contribution in [0.5, 0.6) is 0 Å². The lowest BCUT2D eigenvalue weighted by molar-refractivity contribution is 0.140. The zero-order chi connectivity index (χ0) is 23.5. The van der Waals surface area contributed by atoms with Crippen LogP contribution in [0, 0.1) is 0 Å². The first-order valence-corrected chi connectivity index (χ1v) is 14.2. The van der Waals surface area contributed by atoms with Crippen LogP contribution >= 0.6 is 15.9 Å². The Kier molecular flexibility index (Phi) is 7.35. The Morgan fingerprint density at radius 2 is 1.91 bits per heavy atom. The molecule has 1 aliphatic rings. The van der Waals surface area contributed by atoms with Crippen LogP contribution < -0.4 is 4.90 Å². The third kappa shape index (κ3) is 5.18. The van der Waals surface area contributed by atoms with Crippen LogP contribution in [0.2, 0.25) is 18.1 Å². The third-order valence-electron chi connectivity index (χ3n) is 6.27. The smallest absolute Gasteiger partial charge is 0.414 e. The summed E-state index contributed by atoms with van der Waals surface area (Å²) in [7, 11) is -2.10. The summed E-state index contributed by atoms with van der Waals surface area (Å²) in [5, 5.41) is 4.05. The topological polar surface area (TPSA) is 87.5 Å². The van der Waals surface area contributed by atoms with Gasteiger partial charge in [0.2, 0.25) is 0 Å². The second-order valence-corrected chi connectivity index (χ2v) is 15.1. The number of carbonyl (C=O) groups is 1. The van der Waals surface area contributed by atoms with Gasteiger partial charge in [0.05, 0.1) is 24.4 Å². The summed E-state index contributed by atoms with van der Waals surface area (Å²) in [5.74, 6) is 0. The van der Waals surface area contributed by atoms with E-state index in [4.69, 9.17) is 9.16 Å². The van der Waals surface area contributed by atoms with Crippen molar-refractivity contribution >= 4 is 36.0 Å². The molecule has 0 N–H and O–H groups in total. The molecule has 2 aromatic carbocycles. The van der Waals surface area contributed by atoms with Crippen molar-refractivity contribution in [2.75, 3.05) is 11.5 Å². The standard InChI is InChI=1S/C23H29BrN4O3Si/c1-23(2,3)32(4,5)31-15-20-21(26-27-25)18-12-11-17(24)13-19(18)28(20)22(29)30-14-16-9-7-6-8-10-16/h6-13,20-21H,14-15H2,1-5H3/t20-,21+/m1/s1. The van der Waals surface area contributed by atoms with E-state index in [1.54, 1.807) is 4.90 Å². The molecule has 7 nitrogen and oxygen atoms in total. The van der Waals surface area contributed by atoms with Crippen molar-refractivity contribution in [2.45, 2.75) is 57.6 Å². The van der Waals surface area contributed by atoms with Gasteiger partial charge in [0.15, 0.2) is 8.32 Å². The molecule has 0 saturated carbocycles. The zero-order valence-corrected chi connectivity index (χ0v) is 21.7. The van der Waals surface area contributed by atoms with Gasteiger partial charge in [0, 0.05) is 9.38 Å². The molecule has 0 fully saturated rings. The first-order chi connectivity index (χ1) is 15.0. The van der Waals surface area contributed by atoms with Gasteiger partial charge in [0.1, 0.15) is 6.61 Å². The number of anilines is 1. The maximum Gasteiger partial charge on any atom is 0.414 e. The van der Waals surface area contributed by atoms with Crippen molar-refractivity contribution in [3.8, 4) is 0 Å². The van der Waals surface area contributed by atoms with Gasteiger partial charge in [-0.1, -0.05) is 78.2 Å². The highest BCUT2D eigenvalue weighted by molar-refractivity contribution is 9.10. The van der Waals surface area contributed by atoms with E-state index in [1.807, 2.05) is 48.5 Å². The SMILES string of the molecule is CC(C)(C)[Si](C)(C)OC[C@@H]1[C@@H](N=[N+]=[N-])c2ccc(Br)cc2N1C(=O)OCc1ccccc1. The van der Waals surface area contributed by atoms with Crippen LogP contribution in [-0.2, 0) is 15.8 Å². The fourth-order valence-corrected chi connectivity index (χ4v) is 4.77. The molecule has 3 rings (SSSR count). The molecule has 0 aliphatic carbocycles. The molecule has 1 heterocycles. The molecule has 0 spiro atoms. The van der Waals surface area contributed by atoms with E-state index >= 15 is 0 Å². The van der Waals surface area contributed by atoms with E-state index in [0.29, 0.717) is 5.69 Å². The Morgan fingerprint density at radius 1 is 1.22 bits per heavy atom. The van der Waals surface area contributed by atoms with Crippen LogP contribution in [-0.4, -0.2) is 27.1 Å². The molecule has 1 amide bonds. The zero-order valence-electron chi connectivity index (χ0n) is 19.1. The number of nitrogens with zero attached hydrogens (tertiary/aromatic N) is 4. The van der Waals surface area contributed by atoms with Gasteiger partial charge in [-0.2, -0.15) is 0 Å². The van der Waals surface area contributed by atoms with E-state index in [2.05, 4.69) is 59.8 Å². The van der Waals surface area contributed by atoms with Gasteiger partial charge in [-0.25, -0.2) is 4.79 Å². The largest absolute Gasteiger partial charge is 0.444 e. The minimum atomic E-state index is -2.10. The second-order valence-electron chi connectivity index (χ2n) is 9.40. The van der Waals surface area contributed by atoms with Gasteiger partial charge in [-0.05, 0) is 46.9 Å². The molecule has 0 saturated heterocycles. The summed E-state index contributed by atoms with van der Waals surface area (Å²) in [6.45, 7) is 11.2. The number of amides is 1. The van der Waals surface area contributed by atoms with Gasteiger partial charge in [-0.15, -0.1) is 0 Å². The third-order valence-corrected chi connectivity index (χ3v) is 11.3. The van der Waals surface area contributed by atoms with Crippen LogP contribution in [0.25, 0.3) is 10.4 Å². The van der Waals surface area contributed by atoms with Gasteiger partial charge < -0.3 is 9.16 Å². The van der Waals surface area contributed by atoms with Crippen LogP contribution in [0.3, 0.4) is 0 Å². The average Bonchev–Trinajstić information content (AvgIpc) is 3.03. The van der Waals surface area contributed by atoms with Crippen molar-refractivity contribution in [1.29, 1.82) is 0 Å². The summed E-state index contributed by atoms with van der Waals surface area (Å²) in [4.78, 5) is 17.9. The Hall–Kier alpha value is -2.32. The van der Waals surface area contributed by atoms with Crippen molar-refractivity contribution < 1.29 is 14.0 Å². The summed E-state index contributed by atoms with van der Waals surface area (Å²) in [6.07, 6.45) is -0.493. The second kappa shape index (κ2) is 9.66. The minimum Gasteiger partial charge on any atom is -0.444 e. The molecule has 0 radical (unpaired) electrons. The van der Waals surface area contributed by atoms with Gasteiger partial charge in [-0.3, -0.25) is 4.90 Å². The Bertz CT molecular complexity index is 1020. The number of ether oxygens (including phenoxy) is 1. The fraction of sp³-hybridized carbons (Fsp3) is 0.435. The molecule has 32 heavy (non-hydrogen) atoms. The molecule has 2 atom stereocenters. The first kappa shape index (κ1) is 24.3. The minimum absolute atomic E-state index is 0.00806. The van der Waals surface area contributed by atoms with E-state index < -0.39 is 26.5 Å². The maximum absolute atomic E-state index is 13.3. The Labute approximate surface area is 198 Å². The van der Waals surface area contributed by atoms with E-state index in [0.717, 1.165) is 15.6 Å². The molecular weight excluding hydrogens is 488 g/mol. The highest BCUT2D eigenvalue weighted by Crippen LogP contribution is 2.45. The predicted octanol–water partition coefficient (Wildman–Crippen LogP) is 7.35. The highest BCUT2D eigenvalue weighted by atomic mass is 79.9. The molecule has 0 bridgehead atoms. The van der Waals surface area contributed by atoms with Crippen molar-refractivity contribution in [3.63, 3.8) is 0 Å². The van der Waals surface area contributed by atoms with Gasteiger partial charge >= 0.3 is 6.09 Å². The van der Waals surface area contributed by atoms with Crippen molar-refractivity contribution in [3.05, 3.63) is 74.6 Å². The average molecular weight is 518 g/mol. The maximum atomic E-state index is 13.3. The highest BCUT2D eigenvalue weighted by Gasteiger charge is 2.45. The Morgan fingerprint density at radius 3 is 2.53 bits per heavy atom. The number of azide groups is 1. The number of rotatable bonds is 6. The van der Waals surface area contributed by atoms with Crippen LogP contribution in [0.1, 0.15) is 37.9 Å². The number of fused-ring (bicyclic) bond motifs is 1. The number of halogens is 1. The fourth-order valence-electron chi connectivity index (χ4n) is 3.40. The number of hydrogen-bond donors (Lipinski definition) is 0. The molecule has 170 valence electrons. The number of carbonyl (C=O) groups excluding carboxylic acids is 1. The summed E-state index contributed by atoms with van der Waals surface area (Å²) in [6, 6.07) is 14.1.